The van der Waals surface area contributed by atoms with E-state index in [4.69, 9.17) is 0 Å². The molecule has 1 aromatic rings. The van der Waals surface area contributed by atoms with Crippen LogP contribution in [0.25, 0.3) is 0 Å². The van der Waals surface area contributed by atoms with Crippen LogP contribution in [0.15, 0.2) is 78.2 Å². The summed E-state index contributed by atoms with van der Waals surface area (Å²) in [5.74, 6) is 4.68. The van der Waals surface area contributed by atoms with E-state index in [0.717, 1.165) is 40.7 Å². The molecule has 0 aliphatic heterocycles. The largest absolute Gasteiger partial charge is 3.00 e. The Morgan fingerprint density at radius 3 is 1.19 bits per heavy atom. The van der Waals surface area contributed by atoms with Crippen molar-refractivity contribution in [3.8, 4) is 0 Å². The third-order valence-corrected chi connectivity index (χ3v) is 6.20. The SMILES string of the molecule is CC1C(C)C(C)C(C)C1C.[C-]1=CC=C/C1=C1/[C-]=CC=C1.[Co+3].c1ccncc1. The quantitative estimate of drug-likeness (QED) is 0.456. The molecule has 3 aliphatic rings. The molecule has 144 valence electrons. The Bertz CT molecular complexity index is 567. The minimum atomic E-state index is 0. The molecule has 0 aromatic carbocycles. The minimum Gasteiger partial charge on any atom is -0.265 e. The van der Waals surface area contributed by atoms with Crippen molar-refractivity contribution in [1.29, 1.82) is 0 Å². The summed E-state index contributed by atoms with van der Waals surface area (Å²) in [6.07, 6.45) is 21.6. The fourth-order valence-electron chi connectivity index (χ4n) is 3.70. The number of rotatable bonds is 0. The summed E-state index contributed by atoms with van der Waals surface area (Å²) in [7, 11) is 0. The van der Waals surface area contributed by atoms with E-state index in [1.807, 2.05) is 54.7 Å². The second kappa shape index (κ2) is 11.9. The van der Waals surface area contributed by atoms with Gasteiger partial charge in [0.2, 0.25) is 0 Å². The minimum absolute atomic E-state index is 0. The first kappa shape index (κ1) is 23.4. The Morgan fingerprint density at radius 1 is 0.630 bits per heavy atom. The van der Waals surface area contributed by atoms with Gasteiger partial charge in [0.05, 0.1) is 0 Å². The molecule has 0 saturated heterocycles. The first-order valence-electron chi connectivity index (χ1n) is 9.64. The maximum absolute atomic E-state index is 3.78. The van der Waals surface area contributed by atoms with Gasteiger partial charge in [-0.25, -0.2) is 23.3 Å². The monoisotopic (exact) mass is 404 g/mol. The van der Waals surface area contributed by atoms with Gasteiger partial charge in [0.15, 0.2) is 0 Å². The molecule has 1 saturated carbocycles. The van der Waals surface area contributed by atoms with Crippen LogP contribution in [0, 0.1) is 41.7 Å². The van der Waals surface area contributed by atoms with Crippen molar-refractivity contribution >= 4 is 0 Å². The second-order valence-electron chi connectivity index (χ2n) is 7.49. The smallest absolute Gasteiger partial charge is 0.265 e. The van der Waals surface area contributed by atoms with E-state index in [9.17, 15) is 0 Å². The maximum atomic E-state index is 3.78. The van der Waals surface area contributed by atoms with Gasteiger partial charge in [-0.15, -0.1) is 0 Å². The maximum Gasteiger partial charge on any atom is 3.00 e. The standard InChI is InChI=1S/C10H6.C10H20.C5H5N.Co/c1-2-6-9(5-1)10-7-3-4-8-10;1-6-7(2)9(4)10(5)8(6)3;1-2-4-6-5-3-1;/h1-5,7H;6-10H,1-5H3;1-5H;/q-2;;;+3/b10-9-;;;. The van der Waals surface area contributed by atoms with Crippen LogP contribution in [0.2, 0.25) is 0 Å². The predicted octanol–water partition coefficient (Wildman–Crippen LogP) is 6.40. The van der Waals surface area contributed by atoms with Gasteiger partial charge in [0.25, 0.3) is 0 Å². The summed E-state index contributed by atoms with van der Waals surface area (Å²) in [6.45, 7) is 12.0. The van der Waals surface area contributed by atoms with Crippen molar-refractivity contribution in [3.63, 3.8) is 0 Å². The van der Waals surface area contributed by atoms with Crippen molar-refractivity contribution < 1.29 is 16.8 Å². The van der Waals surface area contributed by atoms with Crippen LogP contribution in [-0.2, 0) is 16.8 Å². The topological polar surface area (TPSA) is 12.9 Å². The molecule has 0 radical (unpaired) electrons. The summed E-state index contributed by atoms with van der Waals surface area (Å²) in [4.78, 5) is 3.78. The average molecular weight is 404 g/mol. The number of nitrogens with zero attached hydrogens (tertiary/aromatic N) is 1. The molecule has 1 nitrogen and oxygen atoms in total. The molecule has 0 N–H and O–H groups in total. The molecule has 0 bridgehead atoms. The van der Waals surface area contributed by atoms with Crippen molar-refractivity contribution in [2.45, 2.75) is 34.6 Å². The van der Waals surface area contributed by atoms with Gasteiger partial charge < -0.3 is 0 Å². The molecule has 2 heteroatoms. The Balaban J connectivity index is 0.000000205. The van der Waals surface area contributed by atoms with Gasteiger partial charge in [-0.2, -0.15) is 36.5 Å². The molecule has 0 unspecified atom stereocenters. The van der Waals surface area contributed by atoms with E-state index in [-0.39, 0.29) is 16.8 Å². The van der Waals surface area contributed by atoms with Gasteiger partial charge in [-0.05, 0) is 41.7 Å². The first-order valence-corrected chi connectivity index (χ1v) is 9.64. The van der Waals surface area contributed by atoms with Crippen LogP contribution >= 0.6 is 0 Å². The van der Waals surface area contributed by atoms with Gasteiger partial charge in [-0.1, -0.05) is 40.7 Å². The number of pyridine rings is 1. The van der Waals surface area contributed by atoms with E-state index in [1.165, 1.54) is 0 Å². The summed E-state index contributed by atoms with van der Waals surface area (Å²) < 4.78 is 0. The Hall–Kier alpha value is -1.64. The Morgan fingerprint density at radius 2 is 1.00 bits per heavy atom. The molecule has 0 spiro atoms. The predicted molar refractivity (Wildman–Crippen MR) is 111 cm³/mol. The van der Waals surface area contributed by atoms with E-state index in [0.29, 0.717) is 0 Å². The van der Waals surface area contributed by atoms with E-state index in [1.54, 1.807) is 12.4 Å². The molecule has 1 aromatic heterocycles. The third-order valence-electron chi connectivity index (χ3n) is 6.20. The molecule has 27 heavy (non-hydrogen) atoms. The number of allylic oxidation sites excluding steroid dienone is 10. The number of hydrogen-bond donors (Lipinski definition) is 0. The van der Waals surface area contributed by atoms with Gasteiger partial charge >= 0.3 is 16.8 Å². The average Bonchev–Trinajstić information content (AvgIpc) is 3.43. The van der Waals surface area contributed by atoms with E-state index >= 15 is 0 Å². The van der Waals surface area contributed by atoms with Crippen molar-refractivity contribution in [2.75, 3.05) is 0 Å². The van der Waals surface area contributed by atoms with Crippen LogP contribution in [0.4, 0.5) is 0 Å². The molecule has 4 rings (SSSR count). The van der Waals surface area contributed by atoms with Crippen molar-refractivity contribution in [2.24, 2.45) is 29.6 Å². The van der Waals surface area contributed by atoms with Crippen LogP contribution in [0.3, 0.4) is 0 Å². The number of aromatic nitrogens is 1. The summed E-state index contributed by atoms with van der Waals surface area (Å²) in [5.41, 5.74) is 2.26. The zero-order chi connectivity index (χ0) is 18.9. The second-order valence-corrected chi connectivity index (χ2v) is 7.49. The van der Waals surface area contributed by atoms with Gasteiger partial charge in [-0.3, -0.25) is 4.98 Å². The summed E-state index contributed by atoms with van der Waals surface area (Å²) in [5, 5.41) is 0. The zero-order valence-corrected chi connectivity index (χ0v) is 18.1. The van der Waals surface area contributed by atoms with Crippen LogP contribution < -0.4 is 0 Å². The summed E-state index contributed by atoms with van der Waals surface area (Å²) in [6, 6.07) is 5.72. The first-order chi connectivity index (χ1) is 12.5. The molecule has 1 fully saturated rings. The van der Waals surface area contributed by atoms with Crippen LogP contribution in [-0.4, -0.2) is 4.98 Å². The van der Waals surface area contributed by atoms with E-state index < -0.39 is 0 Å². The van der Waals surface area contributed by atoms with Crippen LogP contribution in [0.5, 0.6) is 0 Å². The molecular formula is C25H31CoN+. The Labute approximate surface area is 176 Å². The third kappa shape index (κ3) is 6.79. The normalized spacial score (nSPS) is 32.4. The summed E-state index contributed by atoms with van der Waals surface area (Å²) >= 11 is 0. The molecule has 3 aliphatic carbocycles. The van der Waals surface area contributed by atoms with E-state index in [2.05, 4.69) is 51.8 Å². The number of hydrogen-bond acceptors (Lipinski definition) is 1. The molecule has 1 heterocycles. The molecule has 0 atom stereocenters. The van der Waals surface area contributed by atoms with Crippen molar-refractivity contribution in [1.82, 2.24) is 4.98 Å². The van der Waals surface area contributed by atoms with Crippen LogP contribution in [0.1, 0.15) is 34.6 Å². The van der Waals surface area contributed by atoms with Gasteiger partial charge in [0, 0.05) is 12.4 Å². The Kier molecular flexibility index (Phi) is 10.3. The molecular weight excluding hydrogens is 373 g/mol. The zero-order valence-electron chi connectivity index (χ0n) is 17.0. The fourth-order valence-corrected chi connectivity index (χ4v) is 3.70. The van der Waals surface area contributed by atoms with Crippen molar-refractivity contribution in [3.05, 3.63) is 90.3 Å². The fraction of sp³-hybridized carbons (Fsp3) is 0.400. The van der Waals surface area contributed by atoms with Gasteiger partial charge in [0.1, 0.15) is 0 Å². The molecule has 0 amide bonds.